The first-order chi connectivity index (χ1) is 15.2. The Morgan fingerprint density at radius 2 is 0.839 bits per heavy atom. The molecule has 0 aliphatic carbocycles. The number of ether oxygens (including phenoxy) is 2. The van der Waals surface area contributed by atoms with Gasteiger partial charge in [-0.1, -0.05) is 129 Å². The van der Waals surface area contributed by atoms with Gasteiger partial charge in [0.05, 0.1) is 6.42 Å². The SMILES string of the molecule is CCCCCCCCCCCCOC(CC(N)=O)OCCCCCCCCCCCC. The third-order valence-corrected chi connectivity index (χ3v) is 5.97. The van der Waals surface area contributed by atoms with Gasteiger partial charge in [0.15, 0.2) is 6.29 Å². The summed E-state index contributed by atoms with van der Waals surface area (Å²) in [6.07, 6.45) is 25.8. The number of amides is 1. The molecule has 0 unspecified atom stereocenters. The maximum atomic E-state index is 11.3. The van der Waals surface area contributed by atoms with E-state index in [4.69, 9.17) is 15.2 Å². The van der Waals surface area contributed by atoms with Crippen molar-refractivity contribution >= 4 is 5.91 Å². The lowest BCUT2D eigenvalue weighted by atomic mass is 10.1. The normalized spacial score (nSPS) is 11.5. The van der Waals surface area contributed by atoms with Gasteiger partial charge in [-0.05, 0) is 12.8 Å². The zero-order chi connectivity index (χ0) is 22.8. The minimum absolute atomic E-state index is 0.162. The Kier molecular flexibility index (Phi) is 25.1. The Morgan fingerprint density at radius 1 is 0.548 bits per heavy atom. The summed E-state index contributed by atoms with van der Waals surface area (Å²) in [7, 11) is 0. The van der Waals surface area contributed by atoms with Gasteiger partial charge in [0.1, 0.15) is 0 Å². The summed E-state index contributed by atoms with van der Waals surface area (Å²) in [6.45, 7) is 5.84. The van der Waals surface area contributed by atoms with Gasteiger partial charge in [-0.25, -0.2) is 0 Å². The van der Waals surface area contributed by atoms with Crippen molar-refractivity contribution in [2.45, 2.75) is 155 Å². The van der Waals surface area contributed by atoms with Crippen molar-refractivity contribution in [3.8, 4) is 0 Å². The Morgan fingerprint density at radius 3 is 1.13 bits per heavy atom. The van der Waals surface area contributed by atoms with E-state index in [0.29, 0.717) is 13.2 Å². The van der Waals surface area contributed by atoms with Crippen molar-refractivity contribution in [1.29, 1.82) is 0 Å². The van der Waals surface area contributed by atoms with Crippen LogP contribution in [0.15, 0.2) is 0 Å². The number of nitrogens with two attached hydrogens (primary N) is 1. The van der Waals surface area contributed by atoms with E-state index < -0.39 is 6.29 Å². The van der Waals surface area contributed by atoms with Gasteiger partial charge in [-0.2, -0.15) is 0 Å². The molecule has 0 aliphatic heterocycles. The van der Waals surface area contributed by atoms with E-state index in [1.807, 2.05) is 0 Å². The van der Waals surface area contributed by atoms with Gasteiger partial charge in [0.25, 0.3) is 0 Å². The highest BCUT2D eigenvalue weighted by atomic mass is 16.7. The lowest BCUT2D eigenvalue weighted by Crippen LogP contribution is -2.26. The fourth-order valence-corrected chi connectivity index (χ4v) is 3.94. The molecule has 0 radical (unpaired) electrons. The second kappa shape index (κ2) is 25.6. The van der Waals surface area contributed by atoms with Crippen molar-refractivity contribution in [2.24, 2.45) is 5.73 Å². The molecule has 0 saturated heterocycles. The van der Waals surface area contributed by atoms with Gasteiger partial charge >= 0.3 is 0 Å². The van der Waals surface area contributed by atoms with Crippen molar-refractivity contribution in [2.75, 3.05) is 13.2 Å². The highest BCUT2D eigenvalue weighted by molar-refractivity contribution is 5.74. The molecule has 0 aromatic carbocycles. The first kappa shape index (κ1) is 30.4. The van der Waals surface area contributed by atoms with Crippen LogP contribution in [0, 0.1) is 0 Å². The Hall–Kier alpha value is -0.610. The summed E-state index contributed by atoms with van der Waals surface area (Å²) in [5.41, 5.74) is 5.35. The Bertz CT molecular complexity index is 336. The molecular formula is C27H55NO3. The van der Waals surface area contributed by atoms with E-state index in [9.17, 15) is 4.79 Å². The number of rotatable bonds is 26. The largest absolute Gasteiger partial charge is 0.370 e. The van der Waals surface area contributed by atoms with Crippen molar-refractivity contribution < 1.29 is 14.3 Å². The summed E-state index contributed by atoms with van der Waals surface area (Å²) in [5, 5.41) is 0. The lowest BCUT2D eigenvalue weighted by molar-refractivity contribution is -0.156. The van der Waals surface area contributed by atoms with Crippen LogP contribution < -0.4 is 5.73 Å². The molecule has 0 heterocycles. The maximum absolute atomic E-state index is 11.3. The minimum Gasteiger partial charge on any atom is -0.370 e. The van der Waals surface area contributed by atoms with Gasteiger partial charge in [0.2, 0.25) is 5.91 Å². The van der Waals surface area contributed by atoms with Crippen molar-refractivity contribution in [3.05, 3.63) is 0 Å². The third-order valence-electron chi connectivity index (χ3n) is 5.97. The van der Waals surface area contributed by atoms with Crippen LogP contribution in [0.4, 0.5) is 0 Å². The summed E-state index contributed by atoms with van der Waals surface area (Å²) < 4.78 is 11.6. The number of unbranched alkanes of at least 4 members (excludes halogenated alkanes) is 18. The topological polar surface area (TPSA) is 61.5 Å². The molecule has 4 heteroatoms. The van der Waals surface area contributed by atoms with Crippen LogP contribution >= 0.6 is 0 Å². The molecule has 2 N–H and O–H groups in total. The number of hydrogen-bond donors (Lipinski definition) is 1. The van der Waals surface area contributed by atoms with Gasteiger partial charge in [0, 0.05) is 13.2 Å². The summed E-state index contributed by atoms with van der Waals surface area (Å²) in [6, 6.07) is 0. The zero-order valence-electron chi connectivity index (χ0n) is 21.1. The smallest absolute Gasteiger partial charge is 0.222 e. The number of carbonyl (C=O) groups excluding carboxylic acids is 1. The second-order valence-corrected chi connectivity index (χ2v) is 9.21. The molecule has 0 fully saturated rings. The van der Waals surface area contributed by atoms with Crippen LogP contribution in [0.25, 0.3) is 0 Å². The standard InChI is InChI=1S/C27H55NO3/c1-3-5-7-9-11-13-15-17-19-21-23-30-27(25-26(28)29)31-24-22-20-18-16-14-12-10-8-6-4-2/h27H,3-25H2,1-2H3,(H2,28,29). The second-order valence-electron chi connectivity index (χ2n) is 9.21. The van der Waals surface area contributed by atoms with E-state index >= 15 is 0 Å². The summed E-state index contributed by atoms with van der Waals surface area (Å²) in [5.74, 6) is -0.351. The molecule has 0 aliphatic rings. The van der Waals surface area contributed by atoms with Crippen LogP contribution in [0.2, 0.25) is 0 Å². The molecule has 1 amide bonds. The molecule has 0 spiro atoms. The van der Waals surface area contributed by atoms with E-state index in [1.165, 1.54) is 116 Å². The number of primary amides is 1. The molecule has 31 heavy (non-hydrogen) atoms. The van der Waals surface area contributed by atoms with E-state index in [0.717, 1.165) is 12.8 Å². The van der Waals surface area contributed by atoms with Gasteiger partial charge < -0.3 is 15.2 Å². The van der Waals surface area contributed by atoms with Crippen molar-refractivity contribution in [1.82, 2.24) is 0 Å². The van der Waals surface area contributed by atoms with Crippen LogP contribution in [0.3, 0.4) is 0 Å². The molecule has 0 saturated carbocycles. The molecule has 0 aromatic rings. The van der Waals surface area contributed by atoms with Crippen LogP contribution in [-0.2, 0) is 14.3 Å². The molecule has 0 rings (SSSR count). The van der Waals surface area contributed by atoms with Gasteiger partial charge in [-0.3, -0.25) is 4.79 Å². The minimum atomic E-state index is -0.463. The predicted molar refractivity (Wildman–Crippen MR) is 133 cm³/mol. The quantitative estimate of drug-likeness (QED) is 0.109. The van der Waals surface area contributed by atoms with Crippen LogP contribution in [-0.4, -0.2) is 25.4 Å². The fourth-order valence-electron chi connectivity index (χ4n) is 3.94. The average Bonchev–Trinajstić information content (AvgIpc) is 2.75. The highest BCUT2D eigenvalue weighted by Gasteiger charge is 2.12. The van der Waals surface area contributed by atoms with E-state index in [1.54, 1.807) is 0 Å². The Balaban J connectivity index is 3.54. The zero-order valence-corrected chi connectivity index (χ0v) is 21.1. The maximum Gasteiger partial charge on any atom is 0.222 e. The Labute approximate surface area is 194 Å². The summed E-state index contributed by atoms with van der Waals surface area (Å²) in [4.78, 5) is 11.3. The first-order valence-electron chi connectivity index (χ1n) is 13.7. The monoisotopic (exact) mass is 441 g/mol. The van der Waals surface area contributed by atoms with Crippen LogP contribution in [0.5, 0.6) is 0 Å². The van der Waals surface area contributed by atoms with Crippen molar-refractivity contribution in [3.63, 3.8) is 0 Å². The van der Waals surface area contributed by atoms with Gasteiger partial charge in [-0.15, -0.1) is 0 Å². The predicted octanol–water partition coefficient (Wildman–Crippen LogP) is 8.06. The highest BCUT2D eigenvalue weighted by Crippen LogP contribution is 2.13. The average molecular weight is 442 g/mol. The lowest BCUT2D eigenvalue weighted by Gasteiger charge is -2.17. The summed E-state index contributed by atoms with van der Waals surface area (Å²) >= 11 is 0. The molecular weight excluding hydrogens is 386 g/mol. The number of carbonyl (C=O) groups is 1. The fraction of sp³-hybridized carbons (Fsp3) is 0.963. The van der Waals surface area contributed by atoms with Crippen LogP contribution in [0.1, 0.15) is 149 Å². The van der Waals surface area contributed by atoms with E-state index in [2.05, 4.69) is 13.8 Å². The first-order valence-corrected chi connectivity index (χ1v) is 13.7. The number of hydrogen-bond acceptors (Lipinski definition) is 3. The van der Waals surface area contributed by atoms with E-state index in [-0.39, 0.29) is 12.3 Å². The molecule has 0 bridgehead atoms. The molecule has 0 atom stereocenters. The molecule has 186 valence electrons. The molecule has 4 nitrogen and oxygen atoms in total. The molecule has 0 aromatic heterocycles. The third kappa shape index (κ3) is 25.5.